The standard InChI is InChI=1S/C17H19F3N4OS2/c1-11-6-4-5-9-24(11)14(25)10-26-16-23-22-15(27-16)21-13-8-3-2-7-12(13)17(18,19)20/h2-3,7-8,11H,4-6,9-10H2,1H3,(H,21,22)/t11-/m1/s1. The highest BCUT2D eigenvalue weighted by atomic mass is 32.2. The lowest BCUT2D eigenvalue weighted by molar-refractivity contribution is -0.137. The molecule has 27 heavy (non-hydrogen) atoms. The van der Waals surface area contributed by atoms with Crippen LogP contribution in [0.25, 0.3) is 0 Å². The molecule has 1 fully saturated rings. The average Bonchev–Trinajstić information content (AvgIpc) is 3.07. The zero-order chi connectivity index (χ0) is 19.4. The summed E-state index contributed by atoms with van der Waals surface area (Å²) in [5, 5.41) is 10.8. The molecule has 0 spiro atoms. The van der Waals surface area contributed by atoms with Crippen LogP contribution in [0.4, 0.5) is 24.0 Å². The minimum atomic E-state index is -4.45. The van der Waals surface area contributed by atoms with Gasteiger partial charge in [0.05, 0.1) is 17.0 Å². The third-order valence-electron chi connectivity index (χ3n) is 4.32. The van der Waals surface area contributed by atoms with Crippen molar-refractivity contribution in [2.45, 2.75) is 42.7 Å². The summed E-state index contributed by atoms with van der Waals surface area (Å²) in [4.78, 5) is 14.2. The third kappa shape index (κ3) is 5.13. The van der Waals surface area contributed by atoms with Gasteiger partial charge in [-0.3, -0.25) is 4.79 Å². The molecule has 2 aromatic rings. The fourth-order valence-electron chi connectivity index (χ4n) is 2.95. The van der Waals surface area contributed by atoms with Crippen LogP contribution in [-0.2, 0) is 11.0 Å². The molecule has 3 rings (SSSR count). The monoisotopic (exact) mass is 416 g/mol. The van der Waals surface area contributed by atoms with E-state index >= 15 is 0 Å². The van der Waals surface area contributed by atoms with Crippen molar-refractivity contribution in [1.29, 1.82) is 0 Å². The second-order valence-corrected chi connectivity index (χ2v) is 8.46. The highest BCUT2D eigenvalue weighted by Gasteiger charge is 2.33. The highest BCUT2D eigenvalue weighted by molar-refractivity contribution is 8.01. The molecule has 1 atom stereocenters. The lowest BCUT2D eigenvalue weighted by atomic mass is 10.0. The number of alkyl halides is 3. The zero-order valence-corrected chi connectivity index (χ0v) is 16.3. The number of nitrogens with one attached hydrogen (secondary N) is 1. The van der Waals surface area contributed by atoms with E-state index in [0.29, 0.717) is 4.34 Å². The van der Waals surface area contributed by atoms with Crippen molar-refractivity contribution in [3.05, 3.63) is 29.8 Å². The summed E-state index contributed by atoms with van der Waals surface area (Å²) in [7, 11) is 0. The number of piperidine rings is 1. The molecule has 1 N–H and O–H groups in total. The first-order valence-corrected chi connectivity index (χ1v) is 10.3. The van der Waals surface area contributed by atoms with Gasteiger partial charge in [0.2, 0.25) is 11.0 Å². The number of carbonyl (C=O) groups excluding carboxylic acids is 1. The molecule has 1 amide bonds. The molecule has 1 saturated heterocycles. The van der Waals surface area contributed by atoms with Crippen molar-refractivity contribution >= 4 is 39.8 Å². The number of halogens is 3. The van der Waals surface area contributed by atoms with Crippen molar-refractivity contribution < 1.29 is 18.0 Å². The van der Waals surface area contributed by atoms with Gasteiger partial charge in [-0.2, -0.15) is 13.2 Å². The first-order chi connectivity index (χ1) is 12.8. The van der Waals surface area contributed by atoms with Crippen LogP contribution in [0.5, 0.6) is 0 Å². The van der Waals surface area contributed by atoms with Crippen molar-refractivity contribution in [1.82, 2.24) is 15.1 Å². The van der Waals surface area contributed by atoms with Gasteiger partial charge in [-0.05, 0) is 38.3 Å². The molecule has 1 aliphatic rings. The Balaban J connectivity index is 1.60. The number of nitrogens with zero attached hydrogens (tertiary/aromatic N) is 3. The maximum Gasteiger partial charge on any atom is 0.418 e. The molecular weight excluding hydrogens is 397 g/mol. The molecule has 2 heterocycles. The molecule has 1 aromatic heterocycles. The third-order valence-corrected chi connectivity index (χ3v) is 6.28. The predicted octanol–water partition coefficient (Wildman–Crippen LogP) is 4.79. The molecule has 10 heteroatoms. The number of likely N-dealkylation sites (tertiary alicyclic amines) is 1. The number of rotatable bonds is 5. The van der Waals surface area contributed by atoms with Crippen LogP contribution in [0, 0.1) is 0 Å². The molecule has 0 bridgehead atoms. The summed E-state index contributed by atoms with van der Waals surface area (Å²) >= 11 is 2.38. The average molecular weight is 416 g/mol. The maximum atomic E-state index is 13.1. The molecule has 146 valence electrons. The van der Waals surface area contributed by atoms with Crippen LogP contribution < -0.4 is 5.32 Å². The summed E-state index contributed by atoms with van der Waals surface area (Å²) in [6.07, 6.45) is -1.28. The smallest absolute Gasteiger partial charge is 0.339 e. The van der Waals surface area contributed by atoms with E-state index in [2.05, 4.69) is 15.5 Å². The topological polar surface area (TPSA) is 58.1 Å². The summed E-state index contributed by atoms with van der Waals surface area (Å²) in [5.74, 6) is 0.303. The Bertz CT molecular complexity index is 796. The van der Waals surface area contributed by atoms with E-state index in [1.165, 1.54) is 30.0 Å². The summed E-state index contributed by atoms with van der Waals surface area (Å²) in [6, 6.07) is 5.46. The van der Waals surface area contributed by atoms with Gasteiger partial charge in [-0.1, -0.05) is 35.2 Å². The van der Waals surface area contributed by atoms with E-state index in [1.54, 1.807) is 0 Å². The van der Waals surface area contributed by atoms with E-state index in [-0.39, 0.29) is 28.5 Å². The van der Waals surface area contributed by atoms with Crippen LogP contribution in [0.15, 0.2) is 28.6 Å². The number of hydrogen-bond acceptors (Lipinski definition) is 6. The second kappa shape index (κ2) is 8.47. The molecule has 0 unspecified atom stereocenters. The largest absolute Gasteiger partial charge is 0.418 e. The zero-order valence-electron chi connectivity index (χ0n) is 14.6. The fourth-order valence-corrected chi connectivity index (χ4v) is 4.60. The minimum absolute atomic E-state index is 0.0549. The SMILES string of the molecule is C[C@@H]1CCCCN1C(=O)CSc1nnc(Nc2ccccc2C(F)(F)F)s1. The van der Waals surface area contributed by atoms with Gasteiger partial charge >= 0.3 is 6.18 Å². The van der Waals surface area contributed by atoms with E-state index in [9.17, 15) is 18.0 Å². The quantitative estimate of drug-likeness (QED) is 0.710. The van der Waals surface area contributed by atoms with Gasteiger partial charge in [0.25, 0.3) is 0 Å². The van der Waals surface area contributed by atoms with Gasteiger partial charge in [0.15, 0.2) is 4.34 Å². The Hall–Kier alpha value is -1.81. The lowest BCUT2D eigenvalue weighted by Gasteiger charge is -2.33. The van der Waals surface area contributed by atoms with Gasteiger partial charge in [0, 0.05) is 12.6 Å². The molecule has 1 aliphatic heterocycles. The molecular formula is C17H19F3N4OS2. The van der Waals surface area contributed by atoms with Gasteiger partial charge in [-0.25, -0.2) is 0 Å². The Morgan fingerprint density at radius 1 is 1.33 bits per heavy atom. The number of anilines is 2. The summed E-state index contributed by atoms with van der Waals surface area (Å²) in [5.41, 5.74) is -0.834. The maximum absolute atomic E-state index is 13.1. The number of para-hydroxylation sites is 1. The van der Waals surface area contributed by atoms with Gasteiger partial charge in [-0.15, -0.1) is 10.2 Å². The Labute approximate surface area is 163 Å². The van der Waals surface area contributed by atoms with Crippen molar-refractivity contribution in [3.8, 4) is 0 Å². The number of benzene rings is 1. The van der Waals surface area contributed by atoms with Crippen molar-refractivity contribution in [2.24, 2.45) is 0 Å². The van der Waals surface area contributed by atoms with Crippen LogP contribution >= 0.6 is 23.1 Å². The fraction of sp³-hybridized carbons (Fsp3) is 0.471. The summed E-state index contributed by atoms with van der Waals surface area (Å²) in [6.45, 7) is 2.82. The first kappa shape index (κ1) is 19.9. The second-order valence-electron chi connectivity index (χ2n) is 6.26. The molecule has 0 radical (unpaired) electrons. The van der Waals surface area contributed by atoms with E-state index in [4.69, 9.17) is 0 Å². The van der Waals surface area contributed by atoms with E-state index in [0.717, 1.165) is 43.2 Å². The summed E-state index contributed by atoms with van der Waals surface area (Å²) < 4.78 is 39.7. The van der Waals surface area contributed by atoms with Crippen LogP contribution in [0.1, 0.15) is 31.7 Å². The highest BCUT2D eigenvalue weighted by Crippen LogP contribution is 2.37. The number of amides is 1. The predicted molar refractivity (Wildman–Crippen MR) is 100 cm³/mol. The number of aromatic nitrogens is 2. The van der Waals surface area contributed by atoms with Crippen molar-refractivity contribution in [3.63, 3.8) is 0 Å². The van der Waals surface area contributed by atoms with E-state index in [1.807, 2.05) is 11.8 Å². The van der Waals surface area contributed by atoms with Gasteiger partial charge in [0.1, 0.15) is 0 Å². The number of hydrogen-bond donors (Lipinski definition) is 1. The van der Waals surface area contributed by atoms with Crippen LogP contribution in [0.3, 0.4) is 0 Å². The van der Waals surface area contributed by atoms with E-state index < -0.39 is 11.7 Å². The Morgan fingerprint density at radius 2 is 2.11 bits per heavy atom. The Morgan fingerprint density at radius 3 is 2.85 bits per heavy atom. The molecule has 0 aliphatic carbocycles. The number of thioether (sulfide) groups is 1. The van der Waals surface area contributed by atoms with Crippen molar-refractivity contribution in [2.75, 3.05) is 17.6 Å². The molecule has 0 saturated carbocycles. The van der Waals surface area contributed by atoms with Crippen LogP contribution in [-0.4, -0.2) is 39.3 Å². The van der Waals surface area contributed by atoms with Gasteiger partial charge < -0.3 is 10.2 Å². The minimum Gasteiger partial charge on any atom is -0.339 e. The first-order valence-electron chi connectivity index (χ1n) is 8.53. The molecule has 5 nitrogen and oxygen atoms in total. The number of carbonyl (C=O) groups is 1. The lowest BCUT2D eigenvalue weighted by Crippen LogP contribution is -2.42. The Kier molecular flexibility index (Phi) is 6.25. The normalized spacial score (nSPS) is 17.8. The molecule has 1 aromatic carbocycles. The van der Waals surface area contributed by atoms with Crippen LogP contribution in [0.2, 0.25) is 0 Å².